The maximum absolute atomic E-state index is 13.7. The summed E-state index contributed by atoms with van der Waals surface area (Å²) in [6.45, 7) is 5.99. The Morgan fingerprint density at radius 1 is 1.26 bits per heavy atom. The van der Waals surface area contributed by atoms with Gasteiger partial charge in [-0.25, -0.2) is 0 Å². The van der Waals surface area contributed by atoms with E-state index in [0.29, 0.717) is 44.0 Å². The molecule has 1 N–H and O–H groups in total. The van der Waals surface area contributed by atoms with Gasteiger partial charge in [0.25, 0.3) is 5.91 Å². The quantitative estimate of drug-likeness (QED) is 0.672. The zero-order valence-corrected chi connectivity index (χ0v) is 18.8. The number of fused-ring (bicyclic) bond motifs is 3. The van der Waals surface area contributed by atoms with E-state index in [2.05, 4.69) is 5.32 Å². The number of furan rings is 1. The number of nitrogens with zero attached hydrogens (tertiary/aromatic N) is 2. The van der Waals surface area contributed by atoms with Crippen molar-refractivity contribution in [1.29, 1.82) is 0 Å². The third kappa shape index (κ3) is 4.38. The van der Waals surface area contributed by atoms with Gasteiger partial charge in [-0.1, -0.05) is 32.1 Å². The summed E-state index contributed by atoms with van der Waals surface area (Å²) in [5, 5.41) is 3.31. The normalized spacial score (nSPS) is 22.9. The molecule has 7 nitrogen and oxygen atoms in total. The molecule has 1 unspecified atom stereocenters. The largest absolute Gasteiger partial charge is 0.463 e. The highest BCUT2D eigenvalue weighted by Crippen LogP contribution is 2.33. The molecule has 1 aliphatic heterocycles. The zero-order chi connectivity index (χ0) is 21.8. The lowest BCUT2D eigenvalue weighted by Crippen LogP contribution is -2.65. The van der Waals surface area contributed by atoms with Gasteiger partial charge in [-0.15, -0.1) is 0 Å². The van der Waals surface area contributed by atoms with Crippen LogP contribution in [-0.2, 0) is 16.1 Å². The maximum Gasteiger partial charge on any atom is 0.271 e. The van der Waals surface area contributed by atoms with E-state index in [1.807, 2.05) is 24.5 Å². The number of nitrogens with one attached hydrogen (secondary N) is 1. The van der Waals surface area contributed by atoms with Crippen molar-refractivity contribution in [1.82, 2.24) is 14.8 Å². The second-order valence-electron chi connectivity index (χ2n) is 9.08. The van der Waals surface area contributed by atoms with Gasteiger partial charge < -0.3 is 23.9 Å². The highest BCUT2D eigenvalue weighted by atomic mass is 16.5. The molecular weight excluding hydrogens is 394 g/mol. The zero-order valence-electron chi connectivity index (χ0n) is 18.8. The number of aromatic nitrogens is 1. The van der Waals surface area contributed by atoms with Crippen molar-refractivity contribution in [3.63, 3.8) is 0 Å². The Morgan fingerprint density at radius 3 is 2.74 bits per heavy atom. The molecule has 0 saturated heterocycles. The van der Waals surface area contributed by atoms with Crippen LogP contribution in [0.4, 0.5) is 0 Å². The van der Waals surface area contributed by atoms with Crippen molar-refractivity contribution in [2.75, 3.05) is 19.8 Å². The molecule has 1 atom stereocenters. The van der Waals surface area contributed by atoms with Gasteiger partial charge in [0.15, 0.2) is 5.58 Å². The molecule has 0 bridgehead atoms. The standard InChI is InChI=1S/C24H35N3O4/c1-3-30-14-9-13-27-22(28)20-16-21-19(12-15-31-21)26(20)17-24(27,2)23(29)25-18-10-7-5-4-6-8-11-18/h12,15-16,18H,3-11,13-14,17H2,1-2H3,(H,25,29). The van der Waals surface area contributed by atoms with Crippen LogP contribution in [0.15, 0.2) is 22.8 Å². The monoisotopic (exact) mass is 429 g/mol. The Morgan fingerprint density at radius 2 is 2.00 bits per heavy atom. The van der Waals surface area contributed by atoms with Crippen LogP contribution < -0.4 is 5.32 Å². The van der Waals surface area contributed by atoms with Crippen LogP contribution in [0.5, 0.6) is 0 Å². The number of ether oxygens (including phenoxy) is 1. The van der Waals surface area contributed by atoms with Gasteiger partial charge in [0, 0.05) is 37.9 Å². The molecule has 1 saturated carbocycles. The Balaban J connectivity index is 1.59. The second kappa shape index (κ2) is 9.47. The van der Waals surface area contributed by atoms with Crippen molar-refractivity contribution in [2.24, 2.45) is 0 Å². The van der Waals surface area contributed by atoms with E-state index in [9.17, 15) is 9.59 Å². The number of hydrogen-bond donors (Lipinski definition) is 1. The molecule has 170 valence electrons. The maximum atomic E-state index is 13.7. The number of carbonyl (C=O) groups is 2. The first-order valence-corrected chi connectivity index (χ1v) is 11.8. The molecule has 3 heterocycles. The van der Waals surface area contributed by atoms with Crippen LogP contribution in [0.1, 0.15) is 75.7 Å². The Labute approximate surface area is 184 Å². The Hall–Kier alpha value is -2.28. The fourth-order valence-electron chi connectivity index (χ4n) is 5.03. The van der Waals surface area contributed by atoms with Gasteiger partial charge in [0.2, 0.25) is 5.91 Å². The van der Waals surface area contributed by atoms with Crippen LogP contribution >= 0.6 is 0 Å². The lowest BCUT2D eigenvalue weighted by molar-refractivity contribution is -0.133. The van der Waals surface area contributed by atoms with Crippen LogP contribution in [0, 0.1) is 0 Å². The third-order valence-electron chi connectivity index (χ3n) is 6.85. The van der Waals surface area contributed by atoms with Crippen LogP contribution in [-0.4, -0.2) is 52.6 Å². The van der Waals surface area contributed by atoms with Gasteiger partial charge in [-0.2, -0.15) is 0 Å². The fourth-order valence-corrected chi connectivity index (χ4v) is 5.03. The molecule has 2 aromatic heterocycles. The minimum atomic E-state index is -0.956. The van der Waals surface area contributed by atoms with Gasteiger partial charge in [-0.05, 0) is 33.1 Å². The summed E-state index contributed by atoms with van der Waals surface area (Å²) in [6, 6.07) is 3.84. The average Bonchev–Trinajstić information content (AvgIpc) is 3.31. The average molecular weight is 430 g/mol. The van der Waals surface area contributed by atoms with E-state index in [0.717, 1.165) is 31.2 Å². The summed E-state index contributed by atoms with van der Waals surface area (Å²) in [6.07, 6.45) is 10.4. The van der Waals surface area contributed by atoms with Crippen molar-refractivity contribution in [3.8, 4) is 0 Å². The van der Waals surface area contributed by atoms with E-state index in [1.165, 1.54) is 19.3 Å². The molecule has 0 spiro atoms. The first-order chi connectivity index (χ1) is 15.0. The van der Waals surface area contributed by atoms with Gasteiger partial charge in [-0.3, -0.25) is 9.59 Å². The first kappa shape index (κ1) is 21.9. The molecule has 1 fully saturated rings. The molecule has 4 rings (SSSR count). The number of amides is 2. The molecule has 0 aromatic carbocycles. The summed E-state index contributed by atoms with van der Waals surface area (Å²) >= 11 is 0. The SMILES string of the molecule is CCOCCCN1C(=O)c2cc3occc3n2CC1(C)C(=O)NC1CCCCCCC1. The minimum Gasteiger partial charge on any atom is -0.463 e. The molecule has 31 heavy (non-hydrogen) atoms. The predicted octanol–water partition coefficient (Wildman–Crippen LogP) is 4.10. The van der Waals surface area contributed by atoms with Crippen LogP contribution in [0.25, 0.3) is 11.1 Å². The molecule has 2 amide bonds. The highest BCUT2D eigenvalue weighted by Gasteiger charge is 2.48. The van der Waals surface area contributed by atoms with Crippen LogP contribution in [0.2, 0.25) is 0 Å². The molecule has 7 heteroatoms. The fraction of sp³-hybridized carbons (Fsp3) is 0.667. The smallest absolute Gasteiger partial charge is 0.271 e. The molecule has 0 radical (unpaired) electrons. The summed E-state index contributed by atoms with van der Waals surface area (Å²) < 4.78 is 13.0. The lowest BCUT2D eigenvalue weighted by Gasteiger charge is -2.44. The first-order valence-electron chi connectivity index (χ1n) is 11.8. The van der Waals surface area contributed by atoms with E-state index in [1.54, 1.807) is 17.2 Å². The van der Waals surface area contributed by atoms with E-state index < -0.39 is 5.54 Å². The van der Waals surface area contributed by atoms with Gasteiger partial charge >= 0.3 is 0 Å². The van der Waals surface area contributed by atoms with Crippen molar-refractivity contribution in [2.45, 2.75) is 83.3 Å². The van der Waals surface area contributed by atoms with Crippen molar-refractivity contribution in [3.05, 3.63) is 24.1 Å². The van der Waals surface area contributed by atoms with Crippen molar-refractivity contribution < 1.29 is 18.7 Å². The van der Waals surface area contributed by atoms with E-state index in [4.69, 9.17) is 9.15 Å². The van der Waals surface area contributed by atoms with Gasteiger partial charge in [0.05, 0.1) is 18.3 Å². The van der Waals surface area contributed by atoms with Crippen LogP contribution in [0.3, 0.4) is 0 Å². The number of rotatable bonds is 7. The molecular formula is C24H35N3O4. The number of carbonyl (C=O) groups excluding carboxylic acids is 2. The topological polar surface area (TPSA) is 76.7 Å². The Bertz CT molecular complexity index is 909. The van der Waals surface area contributed by atoms with E-state index in [-0.39, 0.29) is 17.9 Å². The van der Waals surface area contributed by atoms with Gasteiger partial charge in [0.1, 0.15) is 11.2 Å². The summed E-state index contributed by atoms with van der Waals surface area (Å²) in [5.41, 5.74) is 1.17. The molecule has 2 aromatic rings. The van der Waals surface area contributed by atoms with E-state index >= 15 is 0 Å². The molecule has 2 aliphatic rings. The molecule has 1 aliphatic carbocycles. The van der Waals surface area contributed by atoms with Crippen molar-refractivity contribution >= 4 is 22.9 Å². The highest BCUT2D eigenvalue weighted by molar-refractivity contribution is 6.02. The predicted molar refractivity (Wildman–Crippen MR) is 119 cm³/mol. The number of hydrogen-bond acceptors (Lipinski definition) is 4. The lowest BCUT2D eigenvalue weighted by atomic mass is 9.92. The summed E-state index contributed by atoms with van der Waals surface area (Å²) in [4.78, 5) is 28.9. The Kier molecular flexibility index (Phi) is 6.70. The second-order valence-corrected chi connectivity index (χ2v) is 9.08. The third-order valence-corrected chi connectivity index (χ3v) is 6.85. The minimum absolute atomic E-state index is 0.0566. The summed E-state index contributed by atoms with van der Waals surface area (Å²) in [5.74, 6) is -0.178. The summed E-state index contributed by atoms with van der Waals surface area (Å²) in [7, 11) is 0.